The second-order valence-corrected chi connectivity index (χ2v) is 3.75. The van der Waals surface area contributed by atoms with E-state index < -0.39 is 0 Å². The maximum absolute atomic E-state index is 6.06. The molecule has 2 heteroatoms. The largest absolute Gasteiger partial charge is 0.324 e. The predicted octanol–water partition coefficient (Wildman–Crippen LogP) is 1.64. The Kier molecular flexibility index (Phi) is 4.89. The summed E-state index contributed by atoms with van der Waals surface area (Å²) in [7, 11) is 2.01. The van der Waals surface area contributed by atoms with Gasteiger partial charge in [-0.25, -0.2) is 0 Å². The van der Waals surface area contributed by atoms with Gasteiger partial charge in [-0.2, -0.15) is 0 Å². The molecule has 0 bridgehead atoms. The van der Waals surface area contributed by atoms with Crippen LogP contribution < -0.4 is 5.73 Å². The molecule has 2 nitrogen and oxygen atoms in total. The highest BCUT2D eigenvalue weighted by Gasteiger charge is 2.06. The van der Waals surface area contributed by atoms with Crippen LogP contribution in [0.15, 0.2) is 30.3 Å². The van der Waals surface area contributed by atoms with Gasteiger partial charge in [-0.15, -0.1) is 6.42 Å². The molecule has 1 atom stereocenters. The van der Waals surface area contributed by atoms with Crippen molar-refractivity contribution in [3.63, 3.8) is 0 Å². The number of nitrogens with zero attached hydrogens (tertiary/aromatic N) is 1. The SMILES string of the molecule is C#CCN(C)CCC(N)c1ccccc1. The van der Waals surface area contributed by atoms with Crippen LogP contribution in [0.2, 0.25) is 0 Å². The summed E-state index contributed by atoms with van der Waals surface area (Å²) in [6, 6.07) is 10.3. The monoisotopic (exact) mass is 202 g/mol. The first-order chi connectivity index (χ1) is 7.24. The van der Waals surface area contributed by atoms with Crippen LogP contribution in [0, 0.1) is 12.3 Å². The van der Waals surface area contributed by atoms with Gasteiger partial charge in [-0.3, -0.25) is 4.90 Å². The fourth-order valence-electron chi connectivity index (χ4n) is 1.46. The highest BCUT2D eigenvalue weighted by atomic mass is 15.1. The van der Waals surface area contributed by atoms with Crippen molar-refractivity contribution in [2.45, 2.75) is 12.5 Å². The van der Waals surface area contributed by atoms with Crippen molar-refractivity contribution in [1.82, 2.24) is 4.90 Å². The van der Waals surface area contributed by atoms with Crippen LogP contribution in [0.3, 0.4) is 0 Å². The average Bonchev–Trinajstić information content (AvgIpc) is 2.27. The summed E-state index contributed by atoms with van der Waals surface area (Å²) < 4.78 is 0. The predicted molar refractivity (Wildman–Crippen MR) is 64.3 cm³/mol. The topological polar surface area (TPSA) is 29.3 Å². The summed E-state index contributed by atoms with van der Waals surface area (Å²) >= 11 is 0. The molecule has 0 spiro atoms. The molecule has 0 radical (unpaired) electrons. The van der Waals surface area contributed by atoms with Gasteiger partial charge < -0.3 is 5.73 Å². The minimum Gasteiger partial charge on any atom is -0.324 e. The van der Waals surface area contributed by atoms with E-state index in [2.05, 4.69) is 23.0 Å². The van der Waals surface area contributed by atoms with Crippen LogP contribution in [0.5, 0.6) is 0 Å². The molecule has 0 aromatic heterocycles. The molecule has 0 fully saturated rings. The molecule has 15 heavy (non-hydrogen) atoms. The minimum absolute atomic E-state index is 0.103. The fourth-order valence-corrected chi connectivity index (χ4v) is 1.46. The molecule has 0 heterocycles. The zero-order valence-corrected chi connectivity index (χ0v) is 9.19. The first-order valence-corrected chi connectivity index (χ1v) is 5.16. The molecular weight excluding hydrogens is 184 g/mol. The second-order valence-electron chi connectivity index (χ2n) is 3.75. The van der Waals surface area contributed by atoms with E-state index in [9.17, 15) is 0 Å². The minimum atomic E-state index is 0.103. The van der Waals surface area contributed by atoms with E-state index in [-0.39, 0.29) is 6.04 Å². The lowest BCUT2D eigenvalue weighted by Crippen LogP contribution is -2.23. The standard InChI is InChI=1S/C13H18N2/c1-3-10-15(2)11-9-13(14)12-7-5-4-6-8-12/h1,4-8,13H,9-11,14H2,2H3. The Morgan fingerprint density at radius 1 is 1.40 bits per heavy atom. The van der Waals surface area contributed by atoms with Gasteiger partial charge in [-0.05, 0) is 19.0 Å². The Bertz CT molecular complexity index is 313. The summed E-state index contributed by atoms with van der Waals surface area (Å²) in [5.41, 5.74) is 7.25. The van der Waals surface area contributed by atoms with Gasteiger partial charge in [-0.1, -0.05) is 36.3 Å². The van der Waals surface area contributed by atoms with Crippen molar-refractivity contribution >= 4 is 0 Å². The number of hydrogen-bond donors (Lipinski definition) is 1. The number of rotatable bonds is 5. The first-order valence-electron chi connectivity index (χ1n) is 5.16. The lowest BCUT2D eigenvalue weighted by molar-refractivity contribution is 0.355. The third-order valence-electron chi connectivity index (χ3n) is 2.41. The van der Waals surface area contributed by atoms with Gasteiger partial charge in [0.1, 0.15) is 0 Å². The molecule has 1 aromatic rings. The number of nitrogens with two attached hydrogens (primary N) is 1. The molecule has 1 unspecified atom stereocenters. The van der Waals surface area contributed by atoms with Gasteiger partial charge in [0.15, 0.2) is 0 Å². The lowest BCUT2D eigenvalue weighted by atomic mass is 10.0. The summed E-state index contributed by atoms with van der Waals surface area (Å²) in [5.74, 6) is 2.62. The molecule has 0 amide bonds. The van der Waals surface area contributed by atoms with Gasteiger partial charge in [0.25, 0.3) is 0 Å². The third kappa shape index (κ3) is 4.16. The Morgan fingerprint density at radius 2 is 2.07 bits per heavy atom. The van der Waals surface area contributed by atoms with Crippen LogP contribution in [-0.2, 0) is 0 Å². The Morgan fingerprint density at radius 3 is 2.67 bits per heavy atom. The highest BCUT2D eigenvalue weighted by molar-refractivity contribution is 5.18. The quantitative estimate of drug-likeness (QED) is 0.735. The molecule has 0 saturated heterocycles. The van der Waals surface area contributed by atoms with E-state index in [0.29, 0.717) is 6.54 Å². The molecule has 80 valence electrons. The smallest absolute Gasteiger partial charge is 0.0596 e. The van der Waals surface area contributed by atoms with Crippen molar-refractivity contribution in [3.8, 4) is 12.3 Å². The van der Waals surface area contributed by atoms with E-state index >= 15 is 0 Å². The second kappa shape index (κ2) is 6.23. The molecule has 0 saturated carbocycles. The average molecular weight is 202 g/mol. The summed E-state index contributed by atoms with van der Waals surface area (Å²) in [6.07, 6.45) is 6.16. The number of hydrogen-bond acceptors (Lipinski definition) is 2. The molecule has 0 aliphatic carbocycles. The summed E-state index contributed by atoms with van der Waals surface area (Å²) in [5, 5.41) is 0. The van der Waals surface area contributed by atoms with Crippen molar-refractivity contribution in [2.24, 2.45) is 5.73 Å². The zero-order chi connectivity index (χ0) is 11.1. The van der Waals surface area contributed by atoms with Gasteiger partial charge >= 0.3 is 0 Å². The molecule has 2 N–H and O–H groups in total. The van der Waals surface area contributed by atoms with E-state index in [0.717, 1.165) is 13.0 Å². The van der Waals surface area contributed by atoms with Gasteiger partial charge in [0, 0.05) is 12.6 Å². The highest BCUT2D eigenvalue weighted by Crippen LogP contribution is 2.13. The van der Waals surface area contributed by atoms with Crippen LogP contribution >= 0.6 is 0 Å². The first kappa shape index (κ1) is 11.8. The van der Waals surface area contributed by atoms with E-state index in [1.54, 1.807) is 0 Å². The van der Waals surface area contributed by atoms with Crippen molar-refractivity contribution in [3.05, 3.63) is 35.9 Å². The fraction of sp³-hybridized carbons (Fsp3) is 0.385. The van der Waals surface area contributed by atoms with Crippen molar-refractivity contribution in [2.75, 3.05) is 20.1 Å². The van der Waals surface area contributed by atoms with Gasteiger partial charge in [0.05, 0.1) is 6.54 Å². The number of terminal acetylenes is 1. The third-order valence-corrected chi connectivity index (χ3v) is 2.41. The van der Waals surface area contributed by atoms with Crippen LogP contribution in [-0.4, -0.2) is 25.0 Å². The van der Waals surface area contributed by atoms with Crippen molar-refractivity contribution < 1.29 is 0 Å². The maximum atomic E-state index is 6.06. The van der Waals surface area contributed by atoms with Gasteiger partial charge in [0.2, 0.25) is 0 Å². The molecule has 0 aliphatic rings. The molecule has 1 rings (SSSR count). The Balaban J connectivity index is 2.37. The van der Waals surface area contributed by atoms with Crippen LogP contribution in [0.4, 0.5) is 0 Å². The van der Waals surface area contributed by atoms with E-state index in [1.807, 2.05) is 25.2 Å². The maximum Gasteiger partial charge on any atom is 0.0596 e. The summed E-state index contributed by atoms with van der Waals surface area (Å²) in [6.45, 7) is 1.61. The molecule has 1 aromatic carbocycles. The Hall–Kier alpha value is -1.30. The van der Waals surface area contributed by atoms with E-state index in [1.165, 1.54) is 5.56 Å². The van der Waals surface area contributed by atoms with Crippen LogP contribution in [0.1, 0.15) is 18.0 Å². The molecular formula is C13H18N2. The zero-order valence-electron chi connectivity index (χ0n) is 9.19. The lowest BCUT2D eigenvalue weighted by Gasteiger charge is -2.17. The summed E-state index contributed by atoms with van der Waals surface area (Å²) in [4.78, 5) is 2.10. The van der Waals surface area contributed by atoms with Crippen LogP contribution in [0.25, 0.3) is 0 Å². The Labute approximate surface area is 92.1 Å². The van der Waals surface area contributed by atoms with Crippen molar-refractivity contribution in [1.29, 1.82) is 0 Å². The normalized spacial score (nSPS) is 12.4. The van der Waals surface area contributed by atoms with E-state index in [4.69, 9.17) is 12.2 Å². The molecule has 0 aliphatic heterocycles. The number of benzene rings is 1.